The highest BCUT2D eigenvalue weighted by Gasteiger charge is 2.18. The summed E-state index contributed by atoms with van der Waals surface area (Å²) in [5.74, 6) is 0.318. The molecule has 1 N–H and O–H groups in total. The Hall–Kier alpha value is -0.410. The lowest BCUT2D eigenvalue weighted by molar-refractivity contribution is -0.117. The molecule has 3 heteroatoms. The minimum absolute atomic E-state index is 0.318. The molecule has 0 radical (unpaired) electrons. The van der Waals surface area contributed by atoms with Crippen LogP contribution < -0.4 is 5.32 Å². The van der Waals surface area contributed by atoms with Crippen molar-refractivity contribution in [2.75, 3.05) is 26.2 Å². The van der Waals surface area contributed by atoms with Crippen LogP contribution in [0.5, 0.6) is 0 Å². The molecular formula is C11H22N2O. The summed E-state index contributed by atoms with van der Waals surface area (Å²) in [7, 11) is 0. The number of Topliss-reactive ketones (excluding diaryl/α,β-unsaturated/α-hetero) is 1. The molecule has 0 saturated carbocycles. The van der Waals surface area contributed by atoms with Gasteiger partial charge in [-0.2, -0.15) is 0 Å². The van der Waals surface area contributed by atoms with Gasteiger partial charge in [-0.1, -0.05) is 6.92 Å². The largest absolute Gasteiger partial charge is 0.314 e. The maximum Gasteiger partial charge on any atom is 0.129 e. The van der Waals surface area contributed by atoms with Gasteiger partial charge in [0.2, 0.25) is 0 Å². The fourth-order valence-electron chi connectivity index (χ4n) is 2.06. The van der Waals surface area contributed by atoms with E-state index in [2.05, 4.69) is 17.1 Å². The zero-order chi connectivity index (χ0) is 10.4. The SMILES string of the molecule is CCC(CCC(C)=O)N1CCNCC1. The molecule has 0 aromatic carbocycles. The summed E-state index contributed by atoms with van der Waals surface area (Å²) in [5.41, 5.74) is 0. The molecule has 1 atom stereocenters. The smallest absolute Gasteiger partial charge is 0.129 e. The van der Waals surface area contributed by atoms with E-state index in [0.717, 1.165) is 45.4 Å². The quantitative estimate of drug-likeness (QED) is 0.716. The summed E-state index contributed by atoms with van der Waals surface area (Å²) >= 11 is 0. The van der Waals surface area contributed by atoms with E-state index in [-0.39, 0.29) is 0 Å². The molecule has 1 heterocycles. The van der Waals surface area contributed by atoms with E-state index >= 15 is 0 Å². The monoisotopic (exact) mass is 198 g/mol. The Bertz CT molecular complexity index is 176. The first kappa shape index (κ1) is 11.7. The van der Waals surface area contributed by atoms with Gasteiger partial charge in [-0.25, -0.2) is 0 Å². The van der Waals surface area contributed by atoms with E-state index < -0.39 is 0 Å². The van der Waals surface area contributed by atoms with Crippen LogP contribution in [-0.2, 0) is 4.79 Å². The van der Waals surface area contributed by atoms with Crippen molar-refractivity contribution >= 4 is 5.78 Å². The molecular weight excluding hydrogens is 176 g/mol. The molecule has 14 heavy (non-hydrogen) atoms. The van der Waals surface area contributed by atoms with Crippen molar-refractivity contribution < 1.29 is 4.79 Å². The molecule has 0 amide bonds. The summed E-state index contributed by atoms with van der Waals surface area (Å²) in [6.45, 7) is 8.36. The van der Waals surface area contributed by atoms with Crippen LogP contribution in [0.1, 0.15) is 33.1 Å². The van der Waals surface area contributed by atoms with Gasteiger partial charge >= 0.3 is 0 Å². The first-order chi connectivity index (χ1) is 6.74. The number of piperazine rings is 1. The van der Waals surface area contributed by atoms with Crippen LogP contribution in [0.4, 0.5) is 0 Å². The number of nitrogens with zero attached hydrogens (tertiary/aromatic N) is 1. The first-order valence-corrected chi connectivity index (χ1v) is 5.68. The summed E-state index contributed by atoms with van der Waals surface area (Å²) in [5, 5.41) is 3.35. The molecule has 1 unspecified atom stereocenters. The molecule has 0 aliphatic carbocycles. The Morgan fingerprint density at radius 1 is 1.43 bits per heavy atom. The van der Waals surface area contributed by atoms with E-state index in [1.807, 2.05) is 0 Å². The lowest BCUT2D eigenvalue weighted by Crippen LogP contribution is -2.48. The van der Waals surface area contributed by atoms with Gasteiger partial charge < -0.3 is 10.1 Å². The van der Waals surface area contributed by atoms with E-state index in [1.54, 1.807) is 6.92 Å². The van der Waals surface area contributed by atoms with Gasteiger partial charge in [0, 0.05) is 38.6 Å². The highest BCUT2D eigenvalue weighted by Crippen LogP contribution is 2.11. The number of hydrogen-bond donors (Lipinski definition) is 1. The van der Waals surface area contributed by atoms with Crippen LogP contribution in [0, 0.1) is 0 Å². The van der Waals surface area contributed by atoms with Crippen molar-refractivity contribution in [2.24, 2.45) is 0 Å². The third-order valence-electron chi connectivity index (χ3n) is 2.97. The number of nitrogens with one attached hydrogen (secondary N) is 1. The fraction of sp³-hybridized carbons (Fsp3) is 0.909. The minimum Gasteiger partial charge on any atom is -0.314 e. The molecule has 0 aromatic rings. The van der Waals surface area contributed by atoms with Crippen LogP contribution >= 0.6 is 0 Å². The number of hydrogen-bond acceptors (Lipinski definition) is 3. The Kier molecular flexibility index (Phi) is 5.12. The molecule has 1 aliphatic rings. The Morgan fingerprint density at radius 2 is 2.07 bits per heavy atom. The predicted molar refractivity (Wildman–Crippen MR) is 58.4 cm³/mol. The number of carbonyl (C=O) groups excluding carboxylic acids is 1. The van der Waals surface area contributed by atoms with Gasteiger partial charge in [0.15, 0.2) is 0 Å². The molecule has 0 aromatic heterocycles. The Labute approximate surface area is 86.9 Å². The lowest BCUT2D eigenvalue weighted by Gasteiger charge is -2.34. The third kappa shape index (κ3) is 3.76. The summed E-state index contributed by atoms with van der Waals surface area (Å²) in [6.07, 6.45) is 2.93. The predicted octanol–water partition coefficient (Wildman–Crippen LogP) is 1.04. The van der Waals surface area contributed by atoms with Crippen molar-refractivity contribution in [1.29, 1.82) is 0 Å². The Morgan fingerprint density at radius 3 is 2.57 bits per heavy atom. The minimum atomic E-state index is 0.318. The van der Waals surface area contributed by atoms with E-state index in [1.165, 1.54) is 0 Å². The molecule has 0 bridgehead atoms. The number of ketones is 1. The Balaban J connectivity index is 2.31. The van der Waals surface area contributed by atoms with Crippen LogP contribution in [0.25, 0.3) is 0 Å². The van der Waals surface area contributed by atoms with Crippen molar-refractivity contribution in [3.63, 3.8) is 0 Å². The molecule has 1 saturated heterocycles. The van der Waals surface area contributed by atoms with Crippen molar-refractivity contribution in [3.8, 4) is 0 Å². The highest BCUT2D eigenvalue weighted by molar-refractivity contribution is 5.75. The molecule has 1 rings (SSSR count). The standard InChI is InChI=1S/C11H22N2O/c1-3-11(5-4-10(2)14)13-8-6-12-7-9-13/h11-12H,3-9H2,1-2H3. The molecule has 3 nitrogen and oxygen atoms in total. The van der Waals surface area contributed by atoms with Crippen LogP contribution in [0.15, 0.2) is 0 Å². The van der Waals surface area contributed by atoms with Crippen molar-refractivity contribution in [2.45, 2.75) is 39.2 Å². The normalized spacial score (nSPS) is 20.7. The van der Waals surface area contributed by atoms with Crippen LogP contribution in [0.2, 0.25) is 0 Å². The van der Waals surface area contributed by atoms with Gasteiger partial charge in [-0.3, -0.25) is 4.90 Å². The number of carbonyl (C=O) groups is 1. The van der Waals surface area contributed by atoms with Crippen LogP contribution in [-0.4, -0.2) is 42.9 Å². The summed E-state index contributed by atoms with van der Waals surface area (Å²) in [6, 6.07) is 0.612. The average Bonchev–Trinajstić information content (AvgIpc) is 2.20. The second-order valence-corrected chi connectivity index (χ2v) is 4.09. The second-order valence-electron chi connectivity index (χ2n) is 4.09. The lowest BCUT2D eigenvalue weighted by atomic mass is 10.0. The van der Waals surface area contributed by atoms with E-state index in [0.29, 0.717) is 11.8 Å². The average molecular weight is 198 g/mol. The molecule has 1 fully saturated rings. The third-order valence-corrected chi connectivity index (χ3v) is 2.97. The van der Waals surface area contributed by atoms with Crippen molar-refractivity contribution in [3.05, 3.63) is 0 Å². The maximum atomic E-state index is 10.9. The van der Waals surface area contributed by atoms with Gasteiger partial charge in [-0.05, 0) is 19.8 Å². The fourth-order valence-corrected chi connectivity index (χ4v) is 2.06. The van der Waals surface area contributed by atoms with Gasteiger partial charge in [0.05, 0.1) is 0 Å². The van der Waals surface area contributed by atoms with Gasteiger partial charge in [0.1, 0.15) is 5.78 Å². The van der Waals surface area contributed by atoms with Crippen LogP contribution in [0.3, 0.4) is 0 Å². The topological polar surface area (TPSA) is 32.3 Å². The van der Waals surface area contributed by atoms with Crippen molar-refractivity contribution in [1.82, 2.24) is 10.2 Å². The first-order valence-electron chi connectivity index (χ1n) is 5.68. The zero-order valence-electron chi connectivity index (χ0n) is 9.38. The maximum absolute atomic E-state index is 10.9. The second kappa shape index (κ2) is 6.14. The van der Waals surface area contributed by atoms with Gasteiger partial charge in [-0.15, -0.1) is 0 Å². The summed E-state index contributed by atoms with van der Waals surface area (Å²) in [4.78, 5) is 13.4. The summed E-state index contributed by atoms with van der Waals surface area (Å²) < 4.78 is 0. The van der Waals surface area contributed by atoms with E-state index in [4.69, 9.17) is 0 Å². The highest BCUT2D eigenvalue weighted by atomic mass is 16.1. The molecule has 82 valence electrons. The van der Waals surface area contributed by atoms with E-state index in [9.17, 15) is 4.79 Å². The van der Waals surface area contributed by atoms with Gasteiger partial charge in [0.25, 0.3) is 0 Å². The zero-order valence-corrected chi connectivity index (χ0v) is 9.38. The molecule has 1 aliphatic heterocycles. The number of rotatable bonds is 5. The molecule has 0 spiro atoms.